The van der Waals surface area contributed by atoms with Gasteiger partial charge in [0.25, 0.3) is 5.09 Å². The average molecular weight is 304 g/mol. The molecule has 0 unspecified atom stereocenters. The van der Waals surface area contributed by atoms with Crippen LogP contribution in [0, 0.1) is 10.1 Å². The van der Waals surface area contributed by atoms with Crippen LogP contribution >= 0.6 is 0 Å². The zero-order valence-corrected chi connectivity index (χ0v) is 14.4. The molecule has 5 nitrogen and oxygen atoms in total. The first-order valence-electron chi connectivity index (χ1n) is 8.48. The molecule has 0 saturated heterocycles. The van der Waals surface area contributed by atoms with Crippen molar-refractivity contribution in [1.29, 1.82) is 0 Å². The lowest BCUT2D eigenvalue weighted by Gasteiger charge is -2.08. The number of rotatable bonds is 13. The van der Waals surface area contributed by atoms with Gasteiger partial charge in [-0.25, -0.2) is 0 Å². The van der Waals surface area contributed by atoms with Crippen LogP contribution in [-0.4, -0.2) is 35.8 Å². The highest BCUT2D eigenvalue weighted by atomic mass is 16.9. The monoisotopic (exact) mass is 304 g/mol. The molecule has 0 fully saturated rings. The quantitative estimate of drug-likeness (QED) is 0.298. The Morgan fingerprint density at radius 3 is 1.38 bits per heavy atom. The lowest BCUT2D eigenvalue weighted by molar-refractivity contribution is -0.742. The molecule has 0 atom stereocenters. The molecule has 5 heteroatoms. The zero-order valence-electron chi connectivity index (χ0n) is 14.4. The molecule has 0 rings (SSSR count). The first kappa shape index (κ1) is 22.4. The maximum atomic E-state index is 8.36. The summed E-state index contributed by atoms with van der Waals surface area (Å²) < 4.78 is 0. The summed E-state index contributed by atoms with van der Waals surface area (Å²) in [5, 5.41) is 13.6. The summed E-state index contributed by atoms with van der Waals surface area (Å²) in [5.41, 5.74) is 0. The second-order valence-electron chi connectivity index (χ2n) is 5.93. The molecule has 0 heterocycles. The van der Waals surface area contributed by atoms with Crippen LogP contribution in [0.25, 0.3) is 0 Å². The van der Waals surface area contributed by atoms with Crippen LogP contribution in [0.4, 0.5) is 0 Å². The zero-order chi connectivity index (χ0) is 16.3. The predicted octanol–water partition coefficient (Wildman–Crippen LogP) is 4.90. The van der Waals surface area contributed by atoms with Crippen LogP contribution < -0.4 is 0 Å². The van der Waals surface area contributed by atoms with E-state index >= 15 is 0 Å². The average Bonchev–Trinajstić information content (AvgIpc) is 2.39. The van der Waals surface area contributed by atoms with Gasteiger partial charge in [0.15, 0.2) is 0 Å². The van der Waals surface area contributed by atoms with Crippen molar-refractivity contribution < 1.29 is 10.3 Å². The minimum absolute atomic E-state index is 1.26. The van der Waals surface area contributed by atoms with Crippen molar-refractivity contribution in [3.63, 3.8) is 0 Å². The summed E-state index contributed by atoms with van der Waals surface area (Å²) in [7, 11) is 4.33. The van der Waals surface area contributed by atoms with Gasteiger partial charge in [-0.1, -0.05) is 77.6 Å². The van der Waals surface area contributed by atoms with E-state index in [4.69, 9.17) is 15.3 Å². The molecular formula is C16H36N2O3. The maximum absolute atomic E-state index is 8.36. The molecule has 0 aromatic heterocycles. The Morgan fingerprint density at radius 2 is 1.10 bits per heavy atom. The van der Waals surface area contributed by atoms with E-state index in [0.29, 0.717) is 0 Å². The van der Waals surface area contributed by atoms with Crippen molar-refractivity contribution in [3.8, 4) is 0 Å². The molecular weight excluding hydrogens is 268 g/mol. The van der Waals surface area contributed by atoms with Crippen molar-refractivity contribution in [2.75, 3.05) is 20.6 Å². The molecule has 0 aliphatic rings. The van der Waals surface area contributed by atoms with Crippen molar-refractivity contribution in [2.45, 2.75) is 84.0 Å². The van der Waals surface area contributed by atoms with Crippen LogP contribution in [0.3, 0.4) is 0 Å². The molecule has 1 N–H and O–H groups in total. The number of nitrogens with zero attached hydrogens (tertiary/aromatic N) is 2. The molecule has 21 heavy (non-hydrogen) atoms. The summed E-state index contributed by atoms with van der Waals surface area (Å²) in [6.07, 6.45) is 17.3. The van der Waals surface area contributed by atoms with E-state index in [0.717, 1.165) is 0 Å². The first-order chi connectivity index (χ1) is 10.0. The minimum Gasteiger partial charge on any atom is -0.328 e. The molecule has 0 amide bonds. The van der Waals surface area contributed by atoms with Gasteiger partial charge in [0.2, 0.25) is 0 Å². The maximum Gasteiger partial charge on any atom is 0.291 e. The van der Waals surface area contributed by atoms with Gasteiger partial charge in [0.05, 0.1) is 0 Å². The lowest BCUT2D eigenvalue weighted by Crippen LogP contribution is -2.12. The molecule has 0 aliphatic carbocycles. The second kappa shape index (κ2) is 19.2. The fourth-order valence-corrected chi connectivity index (χ4v) is 2.27. The van der Waals surface area contributed by atoms with Crippen LogP contribution in [-0.2, 0) is 0 Å². The van der Waals surface area contributed by atoms with Gasteiger partial charge < -0.3 is 10.1 Å². The Morgan fingerprint density at radius 1 is 0.810 bits per heavy atom. The molecule has 0 bridgehead atoms. The Labute approximate surface area is 130 Å². The van der Waals surface area contributed by atoms with E-state index in [-0.39, 0.29) is 0 Å². The fourth-order valence-electron chi connectivity index (χ4n) is 2.27. The largest absolute Gasteiger partial charge is 0.328 e. The number of unbranched alkanes of at least 4 members (excludes halogenated alkanes) is 11. The third-order valence-corrected chi connectivity index (χ3v) is 3.46. The first-order valence-corrected chi connectivity index (χ1v) is 8.48. The topological polar surface area (TPSA) is 66.6 Å². The van der Waals surface area contributed by atoms with Gasteiger partial charge in [-0.15, -0.1) is 10.1 Å². The van der Waals surface area contributed by atoms with Gasteiger partial charge in [-0.3, -0.25) is 0 Å². The standard InChI is InChI=1S/C16H35N.HNO3/c1-4-5-6-7-8-9-10-11-12-13-14-15-16-17(2)3;2-1(3)4/h4-16H2,1-3H3;(H,2,3,4). The highest BCUT2D eigenvalue weighted by Crippen LogP contribution is 2.11. The Hall–Kier alpha value is -0.840. The summed E-state index contributed by atoms with van der Waals surface area (Å²) >= 11 is 0. The Kier molecular flexibility index (Phi) is 20.5. The Balaban J connectivity index is 0. The van der Waals surface area contributed by atoms with Crippen LogP contribution in [0.2, 0.25) is 0 Å². The third-order valence-electron chi connectivity index (χ3n) is 3.46. The van der Waals surface area contributed by atoms with Gasteiger partial charge >= 0.3 is 0 Å². The van der Waals surface area contributed by atoms with Gasteiger partial charge in [0.1, 0.15) is 0 Å². The van der Waals surface area contributed by atoms with Crippen LogP contribution in [0.1, 0.15) is 84.0 Å². The third kappa shape index (κ3) is 32.6. The fraction of sp³-hybridized carbons (Fsp3) is 1.00. The number of hydrogen-bond donors (Lipinski definition) is 1. The van der Waals surface area contributed by atoms with Crippen molar-refractivity contribution in [2.24, 2.45) is 0 Å². The van der Waals surface area contributed by atoms with E-state index < -0.39 is 5.09 Å². The van der Waals surface area contributed by atoms with E-state index in [1.54, 1.807) is 0 Å². The van der Waals surface area contributed by atoms with Crippen molar-refractivity contribution in [3.05, 3.63) is 10.1 Å². The van der Waals surface area contributed by atoms with E-state index in [2.05, 4.69) is 25.9 Å². The molecule has 0 spiro atoms. The van der Waals surface area contributed by atoms with Crippen LogP contribution in [0.5, 0.6) is 0 Å². The normalized spacial score (nSPS) is 10.3. The Bertz CT molecular complexity index is 208. The smallest absolute Gasteiger partial charge is 0.291 e. The highest BCUT2D eigenvalue weighted by Gasteiger charge is 1.94. The molecule has 128 valence electrons. The highest BCUT2D eigenvalue weighted by molar-refractivity contribution is 4.49. The summed E-state index contributed by atoms with van der Waals surface area (Å²) in [6.45, 7) is 3.55. The number of hydrogen-bond acceptors (Lipinski definition) is 3. The van der Waals surface area contributed by atoms with Gasteiger partial charge in [-0.05, 0) is 27.1 Å². The van der Waals surface area contributed by atoms with E-state index in [1.807, 2.05) is 0 Å². The second-order valence-corrected chi connectivity index (χ2v) is 5.93. The van der Waals surface area contributed by atoms with Crippen molar-refractivity contribution in [1.82, 2.24) is 4.90 Å². The van der Waals surface area contributed by atoms with Gasteiger partial charge in [-0.2, -0.15) is 0 Å². The van der Waals surface area contributed by atoms with E-state index in [9.17, 15) is 0 Å². The SMILES string of the molecule is CCCCCCCCCCCCCCN(C)C.O=[N+]([O-])O. The summed E-state index contributed by atoms with van der Waals surface area (Å²) in [6, 6.07) is 0. The van der Waals surface area contributed by atoms with E-state index in [1.165, 1.54) is 83.6 Å². The minimum atomic E-state index is -1.50. The lowest BCUT2D eigenvalue weighted by atomic mass is 10.1. The summed E-state index contributed by atoms with van der Waals surface area (Å²) in [4.78, 5) is 10.6. The molecule has 0 radical (unpaired) electrons. The van der Waals surface area contributed by atoms with Gasteiger partial charge in [0, 0.05) is 0 Å². The van der Waals surface area contributed by atoms with Crippen LogP contribution in [0.15, 0.2) is 0 Å². The molecule has 0 aliphatic heterocycles. The molecule has 0 aromatic rings. The summed E-state index contributed by atoms with van der Waals surface area (Å²) in [5.74, 6) is 0. The molecule has 0 saturated carbocycles. The van der Waals surface area contributed by atoms with Crippen molar-refractivity contribution >= 4 is 0 Å². The predicted molar refractivity (Wildman–Crippen MR) is 88.4 cm³/mol. The molecule has 0 aromatic carbocycles.